The van der Waals surface area contributed by atoms with E-state index < -0.39 is 23.5 Å². The number of para-hydroxylation sites is 1. The van der Waals surface area contributed by atoms with Crippen molar-refractivity contribution in [3.8, 4) is 5.75 Å². The van der Waals surface area contributed by atoms with Crippen molar-refractivity contribution in [2.75, 3.05) is 27.4 Å². The Morgan fingerprint density at radius 3 is 2.67 bits per heavy atom. The van der Waals surface area contributed by atoms with Crippen LogP contribution in [0.2, 0.25) is 0 Å². The molecule has 1 N–H and O–H groups in total. The summed E-state index contributed by atoms with van der Waals surface area (Å²) in [6, 6.07) is 15.1. The normalized spacial score (nSPS) is 16.5. The van der Waals surface area contributed by atoms with E-state index in [1.807, 2.05) is 18.2 Å². The lowest BCUT2D eigenvalue weighted by Gasteiger charge is -2.26. The van der Waals surface area contributed by atoms with Gasteiger partial charge in [0.25, 0.3) is 5.91 Å². The number of Topliss-reactive ketones (excluding diaryl/α,β-unsaturated/α-hetero) is 1. The van der Waals surface area contributed by atoms with E-state index in [4.69, 9.17) is 13.9 Å². The average Bonchev–Trinajstić information content (AvgIpc) is 3.31. The first kappa shape index (κ1) is 19.7. The fraction of sp³-hybridized carbons (Fsp3) is 0.217. The second kappa shape index (κ2) is 8.04. The van der Waals surface area contributed by atoms with Gasteiger partial charge in [-0.15, -0.1) is 0 Å². The smallest absolute Gasteiger partial charge is 0.290 e. The van der Waals surface area contributed by atoms with Gasteiger partial charge in [-0.25, -0.2) is 0 Å². The van der Waals surface area contributed by atoms with Gasteiger partial charge in [0.2, 0.25) is 5.78 Å². The van der Waals surface area contributed by atoms with Gasteiger partial charge in [0.05, 0.1) is 25.3 Å². The number of fused-ring (bicyclic) bond motifs is 1. The van der Waals surface area contributed by atoms with Gasteiger partial charge in [0.15, 0.2) is 11.5 Å². The van der Waals surface area contributed by atoms with Crippen LogP contribution in [0.3, 0.4) is 0 Å². The van der Waals surface area contributed by atoms with Gasteiger partial charge in [-0.1, -0.05) is 30.3 Å². The van der Waals surface area contributed by atoms with Gasteiger partial charge in [-0.05, 0) is 29.8 Å². The largest absolute Gasteiger partial charge is 0.503 e. The molecule has 1 aliphatic heterocycles. The predicted molar refractivity (Wildman–Crippen MR) is 110 cm³/mol. The van der Waals surface area contributed by atoms with Crippen molar-refractivity contribution in [1.29, 1.82) is 0 Å². The highest BCUT2D eigenvalue weighted by Gasteiger charge is 2.44. The second-order valence-electron chi connectivity index (χ2n) is 6.91. The molecular weight excluding hydrogens is 386 g/mol. The molecule has 3 aromatic rings. The third-order valence-electron chi connectivity index (χ3n) is 5.14. The lowest BCUT2D eigenvalue weighted by Crippen LogP contribution is -2.34. The molecule has 154 valence electrons. The van der Waals surface area contributed by atoms with Crippen molar-refractivity contribution in [3.63, 3.8) is 0 Å². The van der Waals surface area contributed by atoms with Crippen molar-refractivity contribution < 1.29 is 28.6 Å². The number of rotatable bonds is 7. The molecule has 0 radical (unpaired) electrons. The maximum atomic E-state index is 13.4. The van der Waals surface area contributed by atoms with E-state index in [1.165, 1.54) is 19.1 Å². The van der Waals surface area contributed by atoms with Crippen molar-refractivity contribution in [1.82, 2.24) is 4.90 Å². The summed E-state index contributed by atoms with van der Waals surface area (Å²) in [5.41, 5.74) is 1.17. The third-order valence-corrected chi connectivity index (χ3v) is 5.14. The van der Waals surface area contributed by atoms with E-state index in [-0.39, 0.29) is 24.5 Å². The van der Waals surface area contributed by atoms with Gasteiger partial charge in [0.1, 0.15) is 11.3 Å². The molecule has 0 saturated carbocycles. The van der Waals surface area contributed by atoms with Crippen LogP contribution in [0.1, 0.15) is 22.2 Å². The standard InChI is InChI=1S/C23H21NO6/c1-28-11-10-24-20(15-7-5-8-16(12-15)29-2)19(22(26)23(24)27)21(25)18-13-14-6-3-4-9-17(14)30-18/h3-9,12-13,20,26H,10-11H2,1-2H3/t20-/m1/s1. The topological polar surface area (TPSA) is 89.2 Å². The zero-order valence-electron chi connectivity index (χ0n) is 16.6. The molecule has 1 amide bonds. The zero-order valence-corrected chi connectivity index (χ0v) is 16.6. The van der Waals surface area contributed by atoms with E-state index >= 15 is 0 Å². The molecule has 0 bridgehead atoms. The molecule has 30 heavy (non-hydrogen) atoms. The summed E-state index contributed by atoms with van der Waals surface area (Å²) >= 11 is 0. The summed E-state index contributed by atoms with van der Waals surface area (Å²) in [7, 11) is 3.06. The average molecular weight is 407 g/mol. The fourth-order valence-electron chi connectivity index (χ4n) is 3.69. The van der Waals surface area contributed by atoms with Gasteiger partial charge >= 0.3 is 0 Å². The summed E-state index contributed by atoms with van der Waals surface area (Å²) < 4.78 is 16.1. The molecule has 2 aromatic carbocycles. The van der Waals surface area contributed by atoms with E-state index in [0.29, 0.717) is 16.9 Å². The van der Waals surface area contributed by atoms with Crippen molar-refractivity contribution in [2.45, 2.75) is 6.04 Å². The number of hydrogen-bond acceptors (Lipinski definition) is 6. The lowest BCUT2D eigenvalue weighted by atomic mass is 9.95. The predicted octanol–water partition coefficient (Wildman–Crippen LogP) is 3.67. The number of ether oxygens (including phenoxy) is 2. The number of amides is 1. The van der Waals surface area contributed by atoms with Crippen LogP contribution < -0.4 is 4.74 Å². The second-order valence-corrected chi connectivity index (χ2v) is 6.91. The first-order valence-corrected chi connectivity index (χ1v) is 9.45. The number of ketones is 1. The van der Waals surface area contributed by atoms with Crippen LogP contribution in [-0.2, 0) is 9.53 Å². The number of aliphatic hydroxyl groups is 1. The van der Waals surface area contributed by atoms with Gasteiger partial charge in [0, 0.05) is 19.0 Å². The van der Waals surface area contributed by atoms with Gasteiger partial charge in [-0.3, -0.25) is 9.59 Å². The quantitative estimate of drug-likeness (QED) is 0.601. The summed E-state index contributed by atoms with van der Waals surface area (Å²) in [4.78, 5) is 27.6. The minimum Gasteiger partial charge on any atom is -0.503 e. The van der Waals surface area contributed by atoms with Crippen LogP contribution in [0, 0.1) is 0 Å². The molecule has 1 atom stereocenters. The minimum absolute atomic E-state index is 0.0246. The Morgan fingerprint density at radius 2 is 1.93 bits per heavy atom. The third kappa shape index (κ3) is 3.33. The monoisotopic (exact) mass is 407 g/mol. The Kier molecular flexibility index (Phi) is 5.29. The summed E-state index contributed by atoms with van der Waals surface area (Å²) in [5.74, 6) is -1.10. The highest BCUT2D eigenvalue weighted by Crippen LogP contribution is 2.40. The van der Waals surface area contributed by atoms with Crippen LogP contribution in [-0.4, -0.2) is 49.1 Å². The molecule has 0 saturated heterocycles. The SMILES string of the molecule is COCCN1C(=O)C(O)=C(C(=O)c2cc3ccccc3o2)[C@H]1c1cccc(OC)c1. The minimum atomic E-state index is -0.788. The first-order chi connectivity index (χ1) is 14.5. The molecule has 1 aromatic heterocycles. The van der Waals surface area contributed by atoms with Crippen LogP contribution in [0.4, 0.5) is 0 Å². The Bertz CT molecular complexity index is 1110. The maximum Gasteiger partial charge on any atom is 0.290 e. The van der Waals surface area contributed by atoms with Crippen LogP contribution in [0.25, 0.3) is 11.0 Å². The summed E-state index contributed by atoms with van der Waals surface area (Å²) in [6.07, 6.45) is 0. The summed E-state index contributed by atoms with van der Waals surface area (Å²) in [5, 5.41) is 11.4. The number of methoxy groups -OCH3 is 2. The molecule has 4 rings (SSSR count). The van der Waals surface area contributed by atoms with Crippen molar-refractivity contribution in [2.24, 2.45) is 0 Å². The summed E-state index contributed by atoms with van der Waals surface area (Å²) in [6.45, 7) is 0.462. The zero-order chi connectivity index (χ0) is 21.3. The number of hydrogen-bond donors (Lipinski definition) is 1. The molecule has 7 heteroatoms. The number of aliphatic hydroxyl groups excluding tert-OH is 1. The highest BCUT2D eigenvalue weighted by molar-refractivity contribution is 6.16. The molecule has 2 heterocycles. The van der Waals surface area contributed by atoms with Crippen LogP contribution in [0.15, 0.2) is 70.3 Å². The molecule has 0 aliphatic carbocycles. The molecular formula is C23H21NO6. The molecule has 0 unspecified atom stereocenters. The number of nitrogens with zero attached hydrogens (tertiary/aromatic N) is 1. The Balaban J connectivity index is 1.81. The number of carbonyl (C=O) groups is 2. The number of carbonyl (C=O) groups excluding carboxylic acids is 2. The Hall–Kier alpha value is -3.58. The van der Waals surface area contributed by atoms with E-state index in [0.717, 1.165) is 5.39 Å². The lowest BCUT2D eigenvalue weighted by molar-refractivity contribution is -0.130. The van der Waals surface area contributed by atoms with Crippen molar-refractivity contribution in [3.05, 3.63) is 77.3 Å². The Morgan fingerprint density at radius 1 is 1.13 bits per heavy atom. The van der Waals surface area contributed by atoms with E-state index in [1.54, 1.807) is 36.4 Å². The van der Waals surface area contributed by atoms with Gasteiger partial charge in [-0.2, -0.15) is 0 Å². The van der Waals surface area contributed by atoms with Crippen LogP contribution in [0.5, 0.6) is 5.75 Å². The van der Waals surface area contributed by atoms with E-state index in [2.05, 4.69) is 0 Å². The molecule has 0 fully saturated rings. The molecule has 1 aliphatic rings. The first-order valence-electron chi connectivity index (χ1n) is 9.45. The van der Waals surface area contributed by atoms with Crippen molar-refractivity contribution >= 4 is 22.7 Å². The highest BCUT2D eigenvalue weighted by atomic mass is 16.5. The number of benzene rings is 2. The van der Waals surface area contributed by atoms with Gasteiger partial charge < -0.3 is 23.9 Å². The molecule has 0 spiro atoms. The van der Waals surface area contributed by atoms with Crippen LogP contribution >= 0.6 is 0 Å². The van der Waals surface area contributed by atoms with E-state index in [9.17, 15) is 14.7 Å². The number of furan rings is 1. The molecule has 7 nitrogen and oxygen atoms in total. The fourth-order valence-corrected chi connectivity index (χ4v) is 3.69. The maximum absolute atomic E-state index is 13.4. The Labute approximate surface area is 173 Å².